The Morgan fingerprint density at radius 3 is 2.56 bits per heavy atom. The number of carbonyl (C=O) groups is 2. The number of hydrogen-bond donors (Lipinski definition) is 3. The molecule has 3 rings (SSSR count). The van der Waals surface area contributed by atoms with E-state index in [9.17, 15) is 23.1 Å². The fraction of sp³-hybridized carbons (Fsp3) is 0.333. The van der Waals surface area contributed by atoms with Gasteiger partial charge < -0.3 is 10.4 Å². The van der Waals surface area contributed by atoms with Crippen LogP contribution in [0.4, 0.5) is 0 Å². The summed E-state index contributed by atoms with van der Waals surface area (Å²) in [6.45, 7) is 2.41. The van der Waals surface area contributed by atoms with Crippen LogP contribution in [-0.4, -0.2) is 37.5 Å². The zero-order valence-corrected chi connectivity index (χ0v) is 16.3. The molecule has 1 amide bonds. The molecule has 1 aliphatic rings. The minimum atomic E-state index is -4.07. The molecule has 2 aromatic rings. The molecule has 2 atom stereocenters. The van der Waals surface area contributed by atoms with E-state index >= 15 is 0 Å². The van der Waals surface area contributed by atoms with E-state index in [1.165, 1.54) is 12.1 Å². The summed E-state index contributed by atoms with van der Waals surface area (Å²) in [5.74, 6) is -1.99. The summed E-state index contributed by atoms with van der Waals surface area (Å²) in [4.78, 5) is 24.1. The summed E-state index contributed by atoms with van der Waals surface area (Å²) in [7, 11) is -4.07. The van der Waals surface area contributed by atoms with E-state index < -0.39 is 27.4 Å². The Bertz CT molecular complexity index is 955. The van der Waals surface area contributed by atoms with Crippen molar-refractivity contribution in [1.82, 2.24) is 10.0 Å². The van der Waals surface area contributed by atoms with Crippen LogP contribution in [-0.2, 0) is 14.8 Å². The lowest BCUT2D eigenvalue weighted by molar-refractivity contribution is -0.140. The second kappa shape index (κ2) is 7.41. The molecule has 0 aliphatic heterocycles. The molecule has 1 aromatic carbocycles. The van der Waals surface area contributed by atoms with Crippen LogP contribution in [0.1, 0.15) is 40.9 Å². The lowest BCUT2D eigenvalue weighted by atomic mass is 10.1. The van der Waals surface area contributed by atoms with E-state index in [0.29, 0.717) is 6.54 Å². The number of aliphatic carboxylic acids is 1. The van der Waals surface area contributed by atoms with Crippen LogP contribution < -0.4 is 10.0 Å². The second-order valence-electron chi connectivity index (χ2n) is 6.42. The number of carboxylic acid groups (broad SMARTS) is 1. The summed E-state index contributed by atoms with van der Waals surface area (Å²) in [6, 6.07) is 11.7. The molecule has 0 saturated heterocycles. The summed E-state index contributed by atoms with van der Waals surface area (Å²) >= 11 is 0.820. The first-order chi connectivity index (χ1) is 12.8. The van der Waals surface area contributed by atoms with Gasteiger partial charge in [-0.05, 0) is 30.5 Å². The van der Waals surface area contributed by atoms with Crippen molar-refractivity contribution in [2.75, 3.05) is 6.54 Å². The Kier molecular flexibility index (Phi) is 5.36. The van der Waals surface area contributed by atoms with Crippen molar-refractivity contribution in [3.8, 4) is 0 Å². The lowest BCUT2D eigenvalue weighted by Crippen LogP contribution is -2.44. The van der Waals surface area contributed by atoms with Crippen molar-refractivity contribution >= 4 is 33.2 Å². The molecule has 1 aromatic heterocycles. The summed E-state index contributed by atoms with van der Waals surface area (Å²) in [5, 5.41) is 12.3. The third-order valence-electron chi connectivity index (χ3n) is 4.47. The Hall–Kier alpha value is -2.23. The van der Waals surface area contributed by atoms with Gasteiger partial charge in [0.05, 0.1) is 4.88 Å². The average Bonchev–Trinajstić information content (AvgIpc) is 3.14. The molecule has 1 saturated carbocycles. The van der Waals surface area contributed by atoms with Crippen LogP contribution >= 0.6 is 11.3 Å². The van der Waals surface area contributed by atoms with Crippen molar-refractivity contribution in [3.05, 3.63) is 52.9 Å². The van der Waals surface area contributed by atoms with Gasteiger partial charge in [0.25, 0.3) is 15.9 Å². The van der Waals surface area contributed by atoms with Gasteiger partial charge in [-0.3, -0.25) is 9.59 Å². The predicted octanol–water partition coefficient (Wildman–Crippen LogP) is 2.18. The largest absolute Gasteiger partial charge is 0.480 e. The number of nitrogens with one attached hydrogen (secondary N) is 2. The molecule has 1 fully saturated rings. The van der Waals surface area contributed by atoms with Gasteiger partial charge in [0, 0.05) is 12.5 Å². The molecule has 1 aliphatic carbocycles. The number of carbonyl (C=O) groups excluding carboxylic acids is 1. The molecular weight excluding hydrogens is 388 g/mol. The van der Waals surface area contributed by atoms with Gasteiger partial charge in [-0.15, -0.1) is 11.3 Å². The quantitative estimate of drug-likeness (QED) is 0.620. The van der Waals surface area contributed by atoms with Crippen LogP contribution in [0.15, 0.2) is 46.7 Å². The molecule has 1 unspecified atom stereocenters. The minimum Gasteiger partial charge on any atom is -0.480 e. The first-order valence-corrected chi connectivity index (χ1v) is 10.8. The number of hydrogen-bond acceptors (Lipinski definition) is 5. The van der Waals surface area contributed by atoms with Crippen molar-refractivity contribution < 1.29 is 23.1 Å². The number of rotatable bonds is 8. The highest BCUT2D eigenvalue weighted by atomic mass is 32.2. The average molecular weight is 409 g/mol. The molecular formula is C18H20N2O5S2. The summed E-state index contributed by atoms with van der Waals surface area (Å²) in [6.07, 6.45) is 0.951. The normalized spacial score (nSPS) is 21.6. The molecule has 3 N–H and O–H groups in total. The van der Waals surface area contributed by atoms with E-state index in [1.54, 1.807) is 24.3 Å². The number of thiophene rings is 1. The highest BCUT2D eigenvalue weighted by Crippen LogP contribution is 2.52. The van der Waals surface area contributed by atoms with Gasteiger partial charge in [-0.1, -0.05) is 37.3 Å². The highest BCUT2D eigenvalue weighted by molar-refractivity contribution is 7.91. The van der Waals surface area contributed by atoms with E-state index in [4.69, 9.17) is 0 Å². The SMILES string of the molecule is CCCNC(=O)c1ccc(S(=O)(=O)NC2(C(=O)O)C[C@H]2c2ccccc2)s1. The standard InChI is InChI=1S/C18H20N2O5S2/c1-2-10-19-16(21)14-8-9-15(26-14)27(24,25)20-18(17(22)23)11-13(18)12-6-4-3-5-7-12/h3-9,13,20H,2,10-11H2,1H3,(H,19,21)(H,22,23)/t13-,18?/m0/s1. The van der Waals surface area contributed by atoms with E-state index in [2.05, 4.69) is 10.0 Å². The van der Waals surface area contributed by atoms with Gasteiger partial charge in [0.15, 0.2) is 0 Å². The van der Waals surface area contributed by atoms with Crippen molar-refractivity contribution in [2.45, 2.75) is 35.4 Å². The maximum Gasteiger partial charge on any atom is 0.325 e. The Morgan fingerprint density at radius 2 is 1.93 bits per heavy atom. The number of amides is 1. The Balaban J connectivity index is 1.80. The smallest absolute Gasteiger partial charge is 0.325 e. The molecule has 1 heterocycles. The van der Waals surface area contributed by atoms with Crippen LogP contribution in [0.5, 0.6) is 0 Å². The summed E-state index contributed by atoms with van der Waals surface area (Å²) < 4.78 is 27.7. The molecule has 0 radical (unpaired) electrons. The predicted molar refractivity (Wildman–Crippen MR) is 101 cm³/mol. The van der Waals surface area contributed by atoms with Crippen LogP contribution in [0.25, 0.3) is 0 Å². The summed E-state index contributed by atoms with van der Waals surface area (Å²) in [5.41, 5.74) is -0.789. The Labute approximate surface area is 161 Å². The van der Waals surface area contributed by atoms with Crippen LogP contribution in [0, 0.1) is 0 Å². The topological polar surface area (TPSA) is 113 Å². The zero-order chi connectivity index (χ0) is 19.7. The number of sulfonamides is 1. The van der Waals surface area contributed by atoms with Crippen LogP contribution in [0.2, 0.25) is 0 Å². The maximum absolute atomic E-state index is 12.7. The van der Waals surface area contributed by atoms with E-state index in [-0.39, 0.29) is 21.4 Å². The lowest BCUT2D eigenvalue weighted by Gasteiger charge is -2.14. The molecule has 9 heteroatoms. The number of carboxylic acids is 1. The third kappa shape index (κ3) is 3.90. The van der Waals surface area contributed by atoms with E-state index in [0.717, 1.165) is 23.3 Å². The van der Waals surface area contributed by atoms with Gasteiger partial charge in [-0.25, -0.2) is 8.42 Å². The van der Waals surface area contributed by atoms with Gasteiger partial charge in [0.1, 0.15) is 9.75 Å². The first-order valence-electron chi connectivity index (χ1n) is 8.50. The van der Waals surface area contributed by atoms with Crippen molar-refractivity contribution in [1.29, 1.82) is 0 Å². The fourth-order valence-corrected chi connectivity index (χ4v) is 5.57. The first kappa shape index (κ1) is 19.5. The monoisotopic (exact) mass is 408 g/mol. The molecule has 7 nitrogen and oxygen atoms in total. The fourth-order valence-electron chi connectivity index (χ4n) is 2.95. The van der Waals surface area contributed by atoms with Crippen LogP contribution in [0.3, 0.4) is 0 Å². The van der Waals surface area contributed by atoms with Crippen molar-refractivity contribution in [3.63, 3.8) is 0 Å². The van der Waals surface area contributed by atoms with Gasteiger partial charge in [0.2, 0.25) is 0 Å². The highest BCUT2D eigenvalue weighted by Gasteiger charge is 2.63. The minimum absolute atomic E-state index is 0.0801. The Morgan fingerprint density at radius 1 is 1.22 bits per heavy atom. The van der Waals surface area contributed by atoms with Gasteiger partial charge in [-0.2, -0.15) is 4.72 Å². The molecule has 0 bridgehead atoms. The van der Waals surface area contributed by atoms with E-state index in [1.807, 2.05) is 13.0 Å². The second-order valence-corrected chi connectivity index (χ2v) is 9.42. The maximum atomic E-state index is 12.7. The molecule has 0 spiro atoms. The molecule has 27 heavy (non-hydrogen) atoms. The zero-order valence-electron chi connectivity index (χ0n) is 14.6. The van der Waals surface area contributed by atoms with Crippen molar-refractivity contribution in [2.24, 2.45) is 0 Å². The molecule has 144 valence electrons. The van der Waals surface area contributed by atoms with Gasteiger partial charge >= 0.3 is 5.97 Å². The third-order valence-corrected chi connectivity index (χ3v) is 7.55. The number of benzene rings is 1.